The van der Waals surface area contributed by atoms with Gasteiger partial charge in [-0.2, -0.15) is 0 Å². The molecule has 0 saturated heterocycles. The molecule has 8 heteroatoms. The van der Waals surface area contributed by atoms with Crippen molar-refractivity contribution in [3.8, 4) is 5.75 Å². The molecule has 0 aliphatic rings. The van der Waals surface area contributed by atoms with E-state index >= 15 is 0 Å². The minimum atomic E-state index is -4.22. The van der Waals surface area contributed by atoms with Crippen LogP contribution in [0, 0.1) is 5.82 Å². The molecule has 21 heavy (non-hydrogen) atoms. The number of phenols is 1. The minimum absolute atomic E-state index is 0.0474. The number of rotatable bonds is 4. The Labute approximate surface area is 120 Å². The second-order valence-corrected chi connectivity index (χ2v) is 5.69. The molecule has 0 aromatic heterocycles. The first-order valence-electron chi connectivity index (χ1n) is 5.76. The van der Waals surface area contributed by atoms with E-state index in [4.69, 9.17) is 0 Å². The molecule has 3 N–H and O–H groups in total. The lowest BCUT2D eigenvalue weighted by Crippen LogP contribution is -2.41. The average Bonchev–Trinajstić information content (AvgIpc) is 2.45. The van der Waals surface area contributed by atoms with Gasteiger partial charge in [0, 0.05) is 5.56 Å². The quantitative estimate of drug-likeness (QED) is 0.738. The van der Waals surface area contributed by atoms with Crippen molar-refractivity contribution in [2.45, 2.75) is 4.90 Å². The van der Waals surface area contributed by atoms with E-state index in [2.05, 4.69) is 0 Å². The zero-order valence-electron chi connectivity index (χ0n) is 10.6. The molecule has 0 aliphatic heterocycles. The van der Waals surface area contributed by atoms with Crippen molar-refractivity contribution in [3.63, 3.8) is 0 Å². The molecule has 0 atom stereocenters. The third kappa shape index (κ3) is 3.56. The molecule has 0 bridgehead atoms. The standard InChI is InChI=1S/C13H11FN2O4S/c14-11-6-1-2-7-12(11)21(19,20)16-15-13(18)9-4-3-5-10(17)8-9/h1-8,16-17H,(H,15,18). The summed E-state index contributed by atoms with van der Waals surface area (Å²) in [4.78, 5) is 12.9. The van der Waals surface area contributed by atoms with Gasteiger partial charge in [0.05, 0.1) is 0 Å². The third-order valence-electron chi connectivity index (χ3n) is 2.53. The van der Waals surface area contributed by atoms with Crippen molar-refractivity contribution in [3.05, 3.63) is 59.9 Å². The Balaban J connectivity index is 2.12. The number of hydrogen-bond donors (Lipinski definition) is 3. The number of halogens is 1. The summed E-state index contributed by atoms with van der Waals surface area (Å²) in [5.74, 6) is -1.86. The van der Waals surface area contributed by atoms with Crippen LogP contribution in [0.5, 0.6) is 5.75 Å². The van der Waals surface area contributed by atoms with E-state index in [1.54, 1.807) is 4.83 Å². The summed E-state index contributed by atoms with van der Waals surface area (Å²) in [6.45, 7) is 0. The van der Waals surface area contributed by atoms with E-state index in [0.717, 1.165) is 18.2 Å². The Hall–Kier alpha value is -2.45. The van der Waals surface area contributed by atoms with Gasteiger partial charge in [0.25, 0.3) is 15.9 Å². The number of benzene rings is 2. The zero-order valence-corrected chi connectivity index (χ0v) is 11.4. The van der Waals surface area contributed by atoms with Gasteiger partial charge in [0.15, 0.2) is 0 Å². The van der Waals surface area contributed by atoms with E-state index in [1.165, 1.54) is 30.3 Å². The summed E-state index contributed by atoms with van der Waals surface area (Å²) in [7, 11) is -4.22. The maximum absolute atomic E-state index is 13.4. The van der Waals surface area contributed by atoms with Crippen molar-refractivity contribution < 1.29 is 22.7 Å². The predicted molar refractivity (Wildman–Crippen MR) is 72.3 cm³/mol. The molecular weight excluding hydrogens is 299 g/mol. The number of hydrazine groups is 1. The van der Waals surface area contributed by atoms with Gasteiger partial charge < -0.3 is 5.11 Å². The Kier molecular flexibility index (Phi) is 4.20. The number of hydrogen-bond acceptors (Lipinski definition) is 4. The fraction of sp³-hybridized carbons (Fsp3) is 0. The van der Waals surface area contributed by atoms with Crippen LogP contribution in [0.25, 0.3) is 0 Å². The van der Waals surface area contributed by atoms with Gasteiger partial charge in [-0.1, -0.05) is 18.2 Å². The first kappa shape index (κ1) is 14.9. The summed E-state index contributed by atoms with van der Waals surface area (Å²) in [5, 5.41) is 9.24. The Morgan fingerprint density at radius 1 is 1.10 bits per heavy atom. The van der Waals surface area contributed by atoms with Crippen molar-refractivity contribution >= 4 is 15.9 Å². The largest absolute Gasteiger partial charge is 0.508 e. The third-order valence-corrected chi connectivity index (χ3v) is 3.81. The highest BCUT2D eigenvalue weighted by molar-refractivity contribution is 7.89. The molecule has 110 valence electrons. The molecule has 1 amide bonds. The molecular formula is C13H11FN2O4S. The molecule has 0 spiro atoms. The lowest BCUT2D eigenvalue weighted by molar-refractivity contribution is 0.0944. The summed E-state index contributed by atoms with van der Waals surface area (Å²) >= 11 is 0. The van der Waals surface area contributed by atoms with E-state index in [0.29, 0.717) is 0 Å². The molecule has 2 aromatic carbocycles. The van der Waals surface area contributed by atoms with E-state index in [9.17, 15) is 22.7 Å². The minimum Gasteiger partial charge on any atom is -0.508 e. The molecule has 2 aromatic rings. The van der Waals surface area contributed by atoms with Crippen LogP contribution in [0.4, 0.5) is 4.39 Å². The molecule has 0 unspecified atom stereocenters. The number of carbonyl (C=O) groups is 1. The SMILES string of the molecule is O=C(NNS(=O)(=O)c1ccccc1F)c1cccc(O)c1. The van der Waals surface area contributed by atoms with Gasteiger partial charge in [0.1, 0.15) is 16.5 Å². The summed E-state index contributed by atoms with van der Waals surface area (Å²) < 4.78 is 37.1. The Bertz CT molecular complexity index is 777. The fourth-order valence-electron chi connectivity index (χ4n) is 1.55. The first-order valence-corrected chi connectivity index (χ1v) is 7.24. The van der Waals surface area contributed by atoms with Crippen molar-refractivity contribution in [2.75, 3.05) is 0 Å². The fourth-order valence-corrected chi connectivity index (χ4v) is 2.47. The van der Waals surface area contributed by atoms with Gasteiger partial charge in [-0.05, 0) is 30.3 Å². The van der Waals surface area contributed by atoms with Crippen LogP contribution in [0.3, 0.4) is 0 Å². The molecule has 6 nitrogen and oxygen atoms in total. The number of nitrogens with one attached hydrogen (secondary N) is 2. The van der Waals surface area contributed by atoms with Gasteiger partial charge in [-0.3, -0.25) is 10.2 Å². The van der Waals surface area contributed by atoms with Crippen molar-refractivity contribution in [2.24, 2.45) is 0 Å². The summed E-state index contributed by atoms with van der Waals surface area (Å²) in [6.07, 6.45) is 0. The molecule has 0 radical (unpaired) electrons. The zero-order chi connectivity index (χ0) is 15.5. The van der Waals surface area contributed by atoms with Crippen LogP contribution >= 0.6 is 0 Å². The smallest absolute Gasteiger partial charge is 0.266 e. The topological polar surface area (TPSA) is 95.5 Å². The number of carbonyl (C=O) groups excluding carboxylic acids is 1. The lowest BCUT2D eigenvalue weighted by Gasteiger charge is -2.09. The predicted octanol–water partition coefficient (Wildman–Crippen LogP) is 1.15. The highest BCUT2D eigenvalue weighted by atomic mass is 32.2. The van der Waals surface area contributed by atoms with Gasteiger partial charge in [0.2, 0.25) is 0 Å². The summed E-state index contributed by atoms with van der Waals surface area (Å²) in [5.41, 5.74) is 1.98. The molecule has 0 heterocycles. The second kappa shape index (κ2) is 5.90. The van der Waals surface area contributed by atoms with Gasteiger partial charge in [-0.25, -0.2) is 12.8 Å². The summed E-state index contributed by atoms with van der Waals surface area (Å²) in [6, 6.07) is 10.1. The van der Waals surface area contributed by atoms with E-state index in [-0.39, 0.29) is 11.3 Å². The normalized spacial score (nSPS) is 11.1. The number of sulfonamides is 1. The first-order chi connectivity index (χ1) is 9.90. The maximum Gasteiger partial charge on any atom is 0.266 e. The van der Waals surface area contributed by atoms with Crippen LogP contribution in [-0.4, -0.2) is 19.4 Å². The lowest BCUT2D eigenvalue weighted by atomic mass is 10.2. The molecule has 0 saturated carbocycles. The molecule has 2 rings (SSSR count). The van der Waals surface area contributed by atoms with Gasteiger partial charge in [-0.15, -0.1) is 4.83 Å². The Morgan fingerprint density at radius 2 is 1.81 bits per heavy atom. The highest BCUT2D eigenvalue weighted by Crippen LogP contribution is 2.13. The number of aromatic hydroxyl groups is 1. The number of amides is 1. The maximum atomic E-state index is 13.4. The van der Waals surface area contributed by atoms with Crippen LogP contribution in [-0.2, 0) is 10.0 Å². The molecule has 0 aliphatic carbocycles. The molecule has 0 fully saturated rings. The van der Waals surface area contributed by atoms with Crippen LogP contribution < -0.4 is 10.3 Å². The van der Waals surface area contributed by atoms with Crippen LogP contribution in [0.2, 0.25) is 0 Å². The Morgan fingerprint density at radius 3 is 2.48 bits per heavy atom. The number of phenolic OH excluding ortho intramolecular Hbond substituents is 1. The van der Waals surface area contributed by atoms with Gasteiger partial charge >= 0.3 is 0 Å². The second-order valence-electron chi connectivity index (χ2n) is 4.04. The van der Waals surface area contributed by atoms with Crippen molar-refractivity contribution in [1.82, 2.24) is 10.3 Å². The van der Waals surface area contributed by atoms with Crippen LogP contribution in [0.15, 0.2) is 53.4 Å². The van der Waals surface area contributed by atoms with Crippen molar-refractivity contribution in [1.29, 1.82) is 0 Å². The van der Waals surface area contributed by atoms with E-state index < -0.39 is 26.6 Å². The van der Waals surface area contributed by atoms with Crippen LogP contribution in [0.1, 0.15) is 10.4 Å². The van der Waals surface area contributed by atoms with E-state index in [1.807, 2.05) is 5.43 Å². The monoisotopic (exact) mass is 310 g/mol. The highest BCUT2D eigenvalue weighted by Gasteiger charge is 2.19. The average molecular weight is 310 g/mol.